The molecule has 0 atom stereocenters. The molecular formula is C26H27N3O3. The number of urea groups is 1. The number of benzene rings is 3. The van der Waals surface area contributed by atoms with Gasteiger partial charge < -0.3 is 20.2 Å². The summed E-state index contributed by atoms with van der Waals surface area (Å²) in [5.74, 6) is -0.0609. The minimum Gasteiger partial charge on any atom is -0.508 e. The lowest BCUT2D eigenvalue weighted by molar-refractivity contribution is 0.0664. The van der Waals surface area contributed by atoms with Crippen LogP contribution in [-0.4, -0.2) is 53.0 Å². The van der Waals surface area contributed by atoms with Crippen LogP contribution in [0.1, 0.15) is 21.5 Å². The number of hydrogen-bond donors (Lipinski definition) is 2. The Hall–Kier alpha value is -3.80. The number of amides is 3. The van der Waals surface area contributed by atoms with E-state index < -0.39 is 0 Å². The minimum absolute atomic E-state index is 0.0698. The average Bonchev–Trinajstić information content (AvgIpc) is 2.82. The van der Waals surface area contributed by atoms with Gasteiger partial charge in [-0.05, 0) is 47.9 Å². The second kappa shape index (κ2) is 9.56. The summed E-state index contributed by atoms with van der Waals surface area (Å²) >= 11 is 0. The first-order valence-electron chi connectivity index (χ1n) is 10.8. The van der Waals surface area contributed by atoms with Crippen molar-refractivity contribution >= 4 is 11.9 Å². The Morgan fingerprint density at radius 2 is 1.50 bits per heavy atom. The first-order chi connectivity index (χ1) is 15.5. The van der Waals surface area contributed by atoms with Gasteiger partial charge in [0.05, 0.1) is 0 Å². The zero-order valence-corrected chi connectivity index (χ0v) is 18.1. The van der Waals surface area contributed by atoms with Crippen molar-refractivity contribution in [2.75, 3.05) is 26.2 Å². The number of carbonyl (C=O) groups excluding carboxylic acids is 2. The van der Waals surface area contributed by atoms with Crippen LogP contribution in [0.25, 0.3) is 11.1 Å². The number of piperazine rings is 1. The first kappa shape index (κ1) is 21.4. The Kier molecular flexibility index (Phi) is 6.40. The van der Waals surface area contributed by atoms with E-state index >= 15 is 0 Å². The van der Waals surface area contributed by atoms with Crippen LogP contribution < -0.4 is 5.32 Å². The van der Waals surface area contributed by atoms with Crippen molar-refractivity contribution in [1.82, 2.24) is 15.1 Å². The van der Waals surface area contributed by atoms with Crippen molar-refractivity contribution in [3.8, 4) is 16.9 Å². The molecule has 1 fully saturated rings. The fourth-order valence-corrected chi connectivity index (χ4v) is 3.91. The van der Waals surface area contributed by atoms with Gasteiger partial charge in [0.2, 0.25) is 0 Å². The summed E-state index contributed by atoms with van der Waals surface area (Å²) in [6, 6.07) is 22.7. The molecule has 1 aliphatic rings. The van der Waals surface area contributed by atoms with Crippen molar-refractivity contribution in [3.63, 3.8) is 0 Å². The molecule has 0 spiro atoms. The van der Waals surface area contributed by atoms with Crippen molar-refractivity contribution in [1.29, 1.82) is 0 Å². The molecule has 4 rings (SSSR count). The number of rotatable bonds is 4. The second-order valence-electron chi connectivity index (χ2n) is 8.06. The number of nitrogens with zero attached hydrogens (tertiary/aromatic N) is 2. The molecule has 6 heteroatoms. The molecule has 0 aromatic heterocycles. The highest BCUT2D eigenvalue weighted by Gasteiger charge is 2.24. The fraction of sp³-hybridized carbons (Fsp3) is 0.231. The molecule has 0 aliphatic carbocycles. The number of phenols is 1. The third-order valence-corrected chi connectivity index (χ3v) is 5.67. The summed E-state index contributed by atoms with van der Waals surface area (Å²) < 4.78 is 0. The average molecular weight is 430 g/mol. The molecule has 3 amide bonds. The summed E-state index contributed by atoms with van der Waals surface area (Å²) in [5.41, 5.74) is 4.99. The largest absolute Gasteiger partial charge is 0.508 e. The van der Waals surface area contributed by atoms with Crippen LogP contribution in [0, 0.1) is 6.92 Å². The highest BCUT2D eigenvalue weighted by molar-refractivity contribution is 5.94. The van der Waals surface area contributed by atoms with Crippen LogP contribution in [-0.2, 0) is 6.54 Å². The van der Waals surface area contributed by atoms with Gasteiger partial charge in [-0.3, -0.25) is 4.79 Å². The fourth-order valence-electron chi connectivity index (χ4n) is 3.91. The Morgan fingerprint density at radius 1 is 0.844 bits per heavy atom. The number of hydrogen-bond acceptors (Lipinski definition) is 3. The lowest BCUT2D eigenvalue weighted by Gasteiger charge is -2.34. The van der Waals surface area contributed by atoms with Crippen LogP contribution in [0.15, 0.2) is 72.8 Å². The van der Waals surface area contributed by atoms with Gasteiger partial charge in [0.15, 0.2) is 0 Å². The van der Waals surface area contributed by atoms with Crippen molar-refractivity contribution in [2.24, 2.45) is 0 Å². The monoisotopic (exact) mass is 429 g/mol. The summed E-state index contributed by atoms with van der Waals surface area (Å²) in [4.78, 5) is 28.7. The second-order valence-corrected chi connectivity index (χ2v) is 8.06. The van der Waals surface area contributed by atoms with E-state index in [0.29, 0.717) is 38.3 Å². The number of nitrogens with one attached hydrogen (secondary N) is 1. The Morgan fingerprint density at radius 3 is 2.22 bits per heavy atom. The molecule has 6 nitrogen and oxygen atoms in total. The normalized spacial score (nSPS) is 13.7. The van der Waals surface area contributed by atoms with Gasteiger partial charge in [0.25, 0.3) is 5.91 Å². The summed E-state index contributed by atoms with van der Waals surface area (Å²) in [7, 11) is 0. The number of phenolic OH excluding ortho intramolecular Hbond substituents is 1. The molecule has 1 saturated heterocycles. The van der Waals surface area contributed by atoms with Gasteiger partial charge >= 0.3 is 6.03 Å². The van der Waals surface area contributed by atoms with E-state index in [0.717, 1.165) is 16.7 Å². The first-order valence-corrected chi connectivity index (χ1v) is 10.8. The highest BCUT2D eigenvalue weighted by Crippen LogP contribution is 2.21. The molecule has 0 radical (unpaired) electrons. The highest BCUT2D eigenvalue weighted by atomic mass is 16.3. The standard InChI is InChI=1S/C26H27N3O3/c1-19-5-2-7-21(15-19)22-8-3-6-20(16-22)18-27-26(32)29-13-11-28(12-14-29)25(31)23-9-4-10-24(30)17-23/h2-10,15-17,30H,11-14,18H2,1H3,(H,27,32). The molecule has 3 aromatic rings. The van der Waals surface area contributed by atoms with Crippen molar-refractivity contribution in [3.05, 3.63) is 89.5 Å². The summed E-state index contributed by atoms with van der Waals surface area (Å²) in [6.45, 7) is 4.39. The van der Waals surface area contributed by atoms with Gasteiger partial charge in [-0.2, -0.15) is 0 Å². The lowest BCUT2D eigenvalue weighted by Crippen LogP contribution is -2.53. The van der Waals surface area contributed by atoms with E-state index in [-0.39, 0.29) is 17.7 Å². The molecule has 164 valence electrons. The van der Waals surface area contributed by atoms with E-state index in [2.05, 4.69) is 42.6 Å². The number of carbonyl (C=O) groups is 2. The molecular weight excluding hydrogens is 402 g/mol. The maximum Gasteiger partial charge on any atom is 0.317 e. The zero-order chi connectivity index (χ0) is 22.5. The van der Waals surface area contributed by atoms with Crippen LogP contribution >= 0.6 is 0 Å². The van der Waals surface area contributed by atoms with E-state index in [9.17, 15) is 14.7 Å². The molecule has 2 N–H and O–H groups in total. The SMILES string of the molecule is Cc1cccc(-c2cccc(CNC(=O)N3CCN(C(=O)c4cccc(O)c4)CC3)c2)c1. The summed E-state index contributed by atoms with van der Waals surface area (Å²) in [6.07, 6.45) is 0. The van der Waals surface area contributed by atoms with E-state index in [1.165, 1.54) is 17.7 Å². The molecule has 1 heterocycles. The van der Waals surface area contributed by atoms with Crippen LogP contribution in [0.3, 0.4) is 0 Å². The van der Waals surface area contributed by atoms with Gasteiger partial charge in [-0.15, -0.1) is 0 Å². The van der Waals surface area contributed by atoms with Gasteiger partial charge in [-0.1, -0.05) is 54.1 Å². The van der Waals surface area contributed by atoms with Crippen LogP contribution in [0.4, 0.5) is 4.79 Å². The van der Waals surface area contributed by atoms with Crippen LogP contribution in [0.2, 0.25) is 0 Å². The predicted molar refractivity (Wildman–Crippen MR) is 124 cm³/mol. The van der Waals surface area contributed by atoms with Gasteiger partial charge in [0, 0.05) is 38.3 Å². The Labute approximate surface area is 188 Å². The maximum absolute atomic E-state index is 12.6. The Balaban J connectivity index is 1.30. The maximum atomic E-state index is 12.6. The predicted octanol–water partition coefficient (Wildman–Crippen LogP) is 4.04. The third kappa shape index (κ3) is 5.09. The zero-order valence-electron chi connectivity index (χ0n) is 18.1. The molecule has 32 heavy (non-hydrogen) atoms. The third-order valence-electron chi connectivity index (χ3n) is 5.67. The lowest BCUT2D eigenvalue weighted by atomic mass is 10.0. The van der Waals surface area contributed by atoms with E-state index in [1.54, 1.807) is 21.9 Å². The van der Waals surface area contributed by atoms with Gasteiger partial charge in [-0.25, -0.2) is 4.79 Å². The smallest absolute Gasteiger partial charge is 0.317 e. The van der Waals surface area contributed by atoms with E-state index in [4.69, 9.17) is 0 Å². The number of aryl methyl sites for hydroxylation is 1. The molecule has 0 saturated carbocycles. The van der Waals surface area contributed by atoms with E-state index in [1.807, 2.05) is 18.2 Å². The summed E-state index contributed by atoms with van der Waals surface area (Å²) in [5, 5.41) is 12.6. The molecule has 1 aliphatic heterocycles. The van der Waals surface area contributed by atoms with Crippen molar-refractivity contribution in [2.45, 2.75) is 13.5 Å². The quantitative estimate of drug-likeness (QED) is 0.658. The topological polar surface area (TPSA) is 72.9 Å². The molecule has 0 unspecified atom stereocenters. The number of aromatic hydroxyl groups is 1. The molecule has 0 bridgehead atoms. The van der Waals surface area contributed by atoms with Crippen LogP contribution in [0.5, 0.6) is 5.75 Å². The molecule has 3 aromatic carbocycles. The Bertz CT molecular complexity index is 1120. The van der Waals surface area contributed by atoms with Crippen molar-refractivity contribution < 1.29 is 14.7 Å². The van der Waals surface area contributed by atoms with Gasteiger partial charge in [0.1, 0.15) is 5.75 Å². The minimum atomic E-state index is -0.131.